The van der Waals surface area contributed by atoms with Gasteiger partial charge in [0.15, 0.2) is 22.4 Å². The normalized spacial score (nSPS) is 12.7. The smallest absolute Gasteiger partial charge is 0.434 e. The van der Waals surface area contributed by atoms with E-state index in [1.807, 2.05) is 0 Å². The fourth-order valence-corrected chi connectivity index (χ4v) is 4.54. The van der Waals surface area contributed by atoms with Crippen molar-refractivity contribution in [3.8, 4) is 5.75 Å². The quantitative estimate of drug-likeness (QED) is 0.221. The third-order valence-corrected chi connectivity index (χ3v) is 6.52. The number of aromatic nitrogens is 1. The van der Waals surface area contributed by atoms with Crippen molar-refractivity contribution in [1.82, 2.24) is 4.98 Å². The molecular formula is C27H21F9N2OS. The molecule has 4 aromatic rings. The Morgan fingerprint density at radius 3 is 2.05 bits per heavy atom. The minimum absolute atomic E-state index is 0.00943. The molecule has 0 spiro atoms. The molecular weight excluding hydrogens is 571 g/mol. The van der Waals surface area contributed by atoms with Crippen LogP contribution in [0.15, 0.2) is 66.7 Å². The number of phenols is 1. The number of nitrogen functional groups attached to an aromatic ring is 1. The molecule has 40 heavy (non-hydrogen) atoms. The first-order chi connectivity index (χ1) is 18.6. The Morgan fingerprint density at radius 1 is 0.900 bits per heavy atom. The van der Waals surface area contributed by atoms with Crippen LogP contribution in [-0.4, -0.2) is 16.5 Å². The summed E-state index contributed by atoms with van der Waals surface area (Å²) in [6.07, 6.45) is -8.19. The van der Waals surface area contributed by atoms with Crippen molar-refractivity contribution >= 4 is 16.5 Å². The molecule has 0 amide bonds. The molecule has 3 nitrogen and oxygen atoms in total. The number of anilines is 1. The number of thiazole rings is 1. The molecule has 4 rings (SSSR count). The topological polar surface area (TPSA) is 59.1 Å². The third-order valence-electron chi connectivity index (χ3n) is 5.72. The summed E-state index contributed by atoms with van der Waals surface area (Å²) in [5, 5.41) is 9.66. The number of nitrogens with two attached hydrogens (primary N) is 1. The number of phenolic OH excluding ortho intramolecular Hbond substituents is 1. The highest BCUT2D eigenvalue weighted by atomic mass is 32.1. The van der Waals surface area contributed by atoms with Gasteiger partial charge in [0.2, 0.25) is 0 Å². The summed E-state index contributed by atoms with van der Waals surface area (Å²) in [6.45, 7) is 1.34. The lowest BCUT2D eigenvalue weighted by molar-refractivity contribution is -0.141. The number of benzene rings is 3. The van der Waals surface area contributed by atoms with E-state index in [4.69, 9.17) is 5.73 Å². The SMILES string of the molecule is Cc1sc(N)nc1C(F)(F)F.Oc1cc([C@@H](Cc2ccccc2)c2cc(F)cc(C(F)(F)C(F)F)c2)ccc1F. The largest absolute Gasteiger partial charge is 0.505 e. The van der Waals surface area contributed by atoms with Gasteiger partial charge in [0, 0.05) is 16.4 Å². The van der Waals surface area contributed by atoms with E-state index >= 15 is 0 Å². The predicted octanol–water partition coefficient (Wildman–Crippen LogP) is 8.45. The van der Waals surface area contributed by atoms with Crippen LogP contribution >= 0.6 is 11.3 Å². The lowest BCUT2D eigenvalue weighted by Crippen LogP contribution is -2.24. The number of halogens is 9. The molecule has 1 aromatic heterocycles. The van der Waals surface area contributed by atoms with Crippen molar-refractivity contribution in [3.63, 3.8) is 0 Å². The van der Waals surface area contributed by atoms with Crippen molar-refractivity contribution in [2.24, 2.45) is 0 Å². The van der Waals surface area contributed by atoms with Crippen LogP contribution in [-0.2, 0) is 18.5 Å². The maximum absolute atomic E-state index is 14.1. The molecule has 0 saturated heterocycles. The number of rotatable bonds is 6. The zero-order valence-electron chi connectivity index (χ0n) is 20.5. The summed E-state index contributed by atoms with van der Waals surface area (Å²) < 4.78 is 117. The molecule has 214 valence electrons. The van der Waals surface area contributed by atoms with Gasteiger partial charge >= 0.3 is 18.5 Å². The average Bonchev–Trinajstić information content (AvgIpc) is 3.23. The maximum atomic E-state index is 14.1. The van der Waals surface area contributed by atoms with Gasteiger partial charge in [-0.1, -0.05) is 36.4 Å². The average molecular weight is 593 g/mol. The molecule has 1 atom stereocenters. The molecule has 0 saturated carbocycles. The molecule has 3 N–H and O–H groups in total. The van der Waals surface area contributed by atoms with Crippen molar-refractivity contribution in [3.05, 3.63) is 111 Å². The second kappa shape index (κ2) is 12.2. The van der Waals surface area contributed by atoms with Crippen LogP contribution in [0.2, 0.25) is 0 Å². The molecule has 0 fully saturated rings. The number of aromatic hydroxyl groups is 1. The lowest BCUT2D eigenvalue weighted by atomic mass is 9.84. The van der Waals surface area contributed by atoms with Gasteiger partial charge in [-0.2, -0.15) is 22.0 Å². The first-order valence-corrected chi connectivity index (χ1v) is 12.2. The summed E-state index contributed by atoms with van der Waals surface area (Å²) in [6, 6.07) is 14.4. The van der Waals surface area contributed by atoms with Crippen LogP contribution in [0.3, 0.4) is 0 Å². The Hall–Kier alpha value is -3.74. The summed E-state index contributed by atoms with van der Waals surface area (Å²) >= 11 is 0.843. The maximum Gasteiger partial charge on any atom is 0.434 e. The van der Waals surface area contributed by atoms with Gasteiger partial charge in [-0.15, -0.1) is 11.3 Å². The Labute approximate surface area is 226 Å². The monoisotopic (exact) mass is 592 g/mol. The fourth-order valence-electron chi connectivity index (χ4n) is 3.84. The van der Waals surface area contributed by atoms with Gasteiger partial charge in [-0.05, 0) is 60.4 Å². The molecule has 13 heteroatoms. The molecule has 1 heterocycles. The molecule has 0 aliphatic rings. The van der Waals surface area contributed by atoms with Crippen molar-refractivity contribution in [1.29, 1.82) is 0 Å². The highest BCUT2D eigenvalue weighted by Gasteiger charge is 2.43. The summed E-state index contributed by atoms with van der Waals surface area (Å²) in [5.74, 6) is -7.94. The van der Waals surface area contributed by atoms with Crippen molar-refractivity contribution in [2.45, 2.75) is 37.8 Å². The highest BCUT2D eigenvalue weighted by Crippen LogP contribution is 2.39. The fraction of sp³-hybridized carbons (Fsp3) is 0.222. The van der Waals surface area contributed by atoms with E-state index in [-0.39, 0.29) is 22.0 Å². The minimum Gasteiger partial charge on any atom is -0.505 e. The van der Waals surface area contributed by atoms with Crippen LogP contribution < -0.4 is 5.73 Å². The van der Waals surface area contributed by atoms with Gasteiger partial charge in [-0.25, -0.2) is 22.5 Å². The molecule has 0 aliphatic carbocycles. The zero-order chi connectivity index (χ0) is 29.8. The summed E-state index contributed by atoms with van der Waals surface area (Å²) in [4.78, 5) is 3.26. The van der Waals surface area contributed by atoms with E-state index in [1.54, 1.807) is 30.3 Å². The number of aryl methyl sites for hydroxylation is 1. The summed E-state index contributed by atoms with van der Waals surface area (Å²) in [5.41, 5.74) is 4.15. The number of hydrogen-bond acceptors (Lipinski definition) is 4. The van der Waals surface area contributed by atoms with E-state index in [1.165, 1.54) is 13.0 Å². The van der Waals surface area contributed by atoms with Crippen LogP contribution in [0, 0.1) is 18.6 Å². The van der Waals surface area contributed by atoms with Crippen LogP contribution in [0.1, 0.15) is 38.7 Å². The van der Waals surface area contributed by atoms with Crippen LogP contribution in [0.25, 0.3) is 0 Å². The Balaban J connectivity index is 0.000000336. The molecule has 0 aliphatic heterocycles. The Morgan fingerprint density at radius 2 is 1.55 bits per heavy atom. The van der Waals surface area contributed by atoms with E-state index in [9.17, 15) is 44.6 Å². The highest BCUT2D eigenvalue weighted by molar-refractivity contribution is 7.15. The van der Waals surface area contributed by atoms with Gasteiger partial charge in [-0.3, -0.25) is 0 Å². The Bertz CT molecular complexity index is 1440. The minimum atomic E-state index is -4.53. The van der Waals surface area contributed by atoms with E-state index < -0.39 is 53.1 Å². The second-order valence-electron chi connectivity index (χ2n) is 8.60. The van der Waals surface area contributed by atoms with E-state index in [0.29, 0.717) is 11.6 Å². The first-order valence-electron chi connectivity index (χ1n) is 11.4. The first kappa shape index (κ1) is 30.8. The van der Waals surface area contributed by atoms with Crippen molar-refractivity contribution < 1.29 is 44.6 Å². The van der Waals surface area contributed by atoms with Crippen molar-refractivity contribution in [2.75, 3.05) is 5.73 Å². The van der Waals surface area contributed by atoms with Gasteiger partial charge in [0.1, 0.15) is 5.82 Å². The molecule has 0 unspecified atom stereocenters. The number of hydrogen-bond donors (Lipinski definition) is 2. The zero-order valence-corrected chi connectivity index (χ0v) is 21.3. The molecule has 0 bridgehead atoms. The Kier molecular flexibility index (Phi) is 9.39. The van der Waals surface area contributed by atoms with Gasteiger partial charge < -0.3 is 10.8 Å². The van der Waals surface area contributed by atoms with E-state index in [0.717, 1.165) is 41.2 Å². The molecule has 3 aromatic carbocycles. The summed E-state index contributed by atoms with van der Waals surface area (Å²) in [7, 11) is 0. The third kappa shape index (κ3) is 7.46. The van der Waals surface area contributed by atoms with Gasteiger partial charge in [0.25, 0.3) is 0 Å². The number of alkyl halides is 7. The van der Waals surface area contributed by atoms with Crippen LogP contribution in [0.5, 0.6) is 5.75 Å². The second-order valence-corrected chi connectivity index (χ2v) is 9.84. The number of nitrogens with zero attached hydrogens (tertiary/aromatic N) is 1. The predicted molar refractivity (Wildman–Crippen MR) is 133 cm³/mol. The standard InChI is InChI=1S/C22H16F6O.C5H5F3N2S/c23-17-10-15(9-16(12-17)22(27,28)21(25)26)18(8-13-4-2-1-3-5-13)14-6-7-19(24)20(29)11-14;1-2-3(5(6,7)8)10-4(9)11-2/h1-7,9-12,18,21,29H,8H2;1H3,(H2,9,10)/t18-;/m1./s1. The van der Waals surface area contributed by atoms with Crippen LogP contribution in [0.4, 0.5) is 44.6 Å². The van der Waals surface area contributed by atoms with Gasteiger partial charge in [0.05, 0.1) is 0 Å². The molecule has 0 radical (unpaired) electrons. The van der Waals surface area contributed by atoms with E-state index in [2.05, 4.69) is 4.98 Å². The lowest BCUT2D eigenvalue weighted by Gasteiger charge is -2.22.